The number of hydrogen-bond donors (Lipinski definition) is 7. The number of carboxylic acid groups (broad SMARTS) is 3. The van der Waals surface area contributed by atoms with E-state index in [0.29, 0.717) is 11.9 Å². The molecule has 8 N–H and O–H groups in total. The van der Waals surface area contributed by atoms with Crippen molar-refractivity contribution in [2.45, 2.75) is 96.7 Å². The Balaban J connectivity index is -0.000000125. The predicted molar refractivity (Wildman–Crippen MR) is 135 cm³/mol. The molecule has 4 unspecified atom stereocenters. The van der Waals surface area contributed by atoms with E-state index in [4.69, 9.17) is 20.1 Å². The van der Waals surface area contributed by atoms with Gasteiger partial charge in [-0.25, -0.2) is 0 Å². The molecule has 13 nitrogen and oxygen atoms in total. The van der Waals surface area contributed by atoms with Gasteiger partial charge in [-0.1, -0.05) is 23.4 Å². The molecule has 4 atom stereocenters. The topological polar surface area (TPSA) is 241 Å². The molecule has 37 heavy (non-hydrogen) atoms. The molecule has 0 spiro atoms. The summed E-state index contributed by atoms with van der Waals surface area (Å²) in [4.78, 5) is 29.7. The third kappa shape index (κ3) is 49.1. The Morgan fingerprint density at radius 2 is 1.08 bits per heavy atom. The zero-order chi connectivity index (χ0) is 27.1. The van der Waals surface area contributed by atoms with Crippen molar-refractivity contribution >= 4 is 33.8 Å². The van der Waals surface area contributed by atoms with Crippen LogP contribution >= 0.6 is 15.9 Å². The first kappa shape index (κ1) is 49.5. The van der Waals surface area contributed by atoms with Crippen LogP contribution in [-0.2, 0) is 23.9 Å². The Hall–Kier alpha value is -0.390. The van der Waals surface area contributed by atoms with Crippen LogP contribution in [0.3, 0.4) is 0 Å². The summed E-state index contributed by atoms with van der Waals surface area (Å²) in [5.41, 5.74) is 0. The van der Waals surface area contributed by atoms with Gasteiger partial charge in [-0.05, 0) is 39.5 Å². The Morgan fingerprint density at radius 3 is 1.30 bits per heavy atom. The molecular formula is C22H46BrNaO13. The molecule has 0 rings (SSSR count). The summed E-state index contributed by atoms with van der Waals surface area (Å²) in [5, 5.41) is 63.0. The van der Waals surface area contributed by atoms with Crippen LogP contribution < -0.4 is 29.6 Å². The minimum Gasteiger partial charge on any atom is -0.870 e. The van der Waals surface area contributed by atoms with Crippen molar-refractivity contribution in [1.82, 2.24) is 0 Å². The number of methoxy groups -OCH3 is 1. The second kappa shape index (κ2) is 33.6. The Bertz CT molecular complexity index is 507. The Morgan fingerprint density at radius 1 is 0.730 bits per heavy atom. The van der Waals surface area contributed by atoms with Gasteiger partial charge in [0.25, 0.3) is 0 Å². The summed E-state index contributed by atoms with van der Waals surface area (Å²) in [7, 11) is 1.48. The van der Waals surface area contributed by atoms with E-state index in [1.165, 1.54) is 7.11 Å². The summed E-state index contributed by atoms with van der Waals surface area (Å²) >= 11 is 2.97. The smallest absolute Gasteiger partial charge is 0.870 e. The molecule has 0 saturated heterocycles. The maximum atomic E-state index is 10.5. The fraction of sp³-hybridized carbons (Fsp3) is 0.864. The van der Waals surface area contributed by atoms with Gasteiger partial charge >= 0.3 is 47.5 Å². The molecule has 0 saturated carbocycles. The van der Waals surface area contributed by atoms with Gasteiger partial charge in [0.1, 0.15) is 0 Å². The van der Waals surface area contributed by atoms with E-state index in [1.807, 2.05) is 0 Å². The zero-order valence-corrected chi connectivity index (χ0v) is 25.0. The van der Waals surface area contributed by atoms with E-state index in [9.17, 15) is 34.8 Å². The van der Waals surface area contributed by atoms with Crippen LogP contribution in [0.2, 0.25) is 0 Å². The zero-order valence-electron chi connectivity index (χ0n) is 21.5. The first-order valence-corrected chi connectivity index (χ1v) is 11.9. The SMILES string of the molecule is C.CC(O)CC(O)CC(CC(O)CC(C)O)OCCC(=O)O.COCCC(=O)O.O=C(O)CCBr.[Na+].[OH-]. The van der Waals surface area contributed by atoms with Gasteiger partial charge in [0.05, 0.1) is 63.0 Å². The first-order valence-electron chi connectivity index (χ1n) is 10.8. The quantitative estimate of drug-likeness (QED) is 0.0710. The molecule has 0 aliphatic heterocycles. The van der Waals surface area contributed by atoms with E-state index < -0.39 is 48.4 Å². The van der Waals surface area contributed by atoms with Gasteiger partial charge in [-0.2, -0.15) is 0 Å². The number of carbonyl (C=O) groups is 3. The molecule has 0 aliphatic carbocycles. The van der Waals surface area contributed by atoms with Crippen molar-refractivity contribution in [2.75, 3.05) is 25.7 Å². The number of hydrogen-bond acceptors (Lipinski definition) is 10. The fourth-order valence-corrected chi connectivity index (χ4v) is 2.74. The predicted octanol–water partition coefficient (Wildman–Crippen LogP) is -1.68. The van der Waals surface area contributed by atoms with Crippen LogP contribution in [0.15, 0.2) is 0 Å². The van der Waals surface area contributed by atoms with E-state index >= 15 is 0 Å². The molecule has 0 fully saturated rings. The average molecular weight is 621 g/mol. The summed E-state index contributed by atoms with van der Waals surface area (Å²) in [6, 6.07) is 0. The second-order valence-electron chi connectivity index (χ2n) is 7.55. The molecule has 0 bridgehead atoms. The molecule has 0 aromatic rings. The van der Waals surface area contributed by atoms with Gasteiger partial charge in [0, 0.05) is 12.4 Å². The van der Waals surface area contributed by atoms with E-state index in [1.54, 1.807) is 13.8 Å². The molecule has 0 aliphatic rings. The summed E-state index contributed by atoms with van der Waals surface area (Å²) < 4.78 is 9.87. The summed E-state index contributed by atoms with van der Waals surface area (Å²) in [6.07, 6.45) is -2.50. The summed E-state index contributed by atoms with van der Waals surface area (Å²) in [6.45, 7) is 3.41. The third-order valence-corrected chi connectivity index (χ3v) is 4.19. The number of aliphatic hydroxyl groups excluding tert-OH is 4. The van der Waals surface area contributed by atoms with Crippen molar-refractivity contribution in [3.8, 4) is 0 Å². The molecule has 0 amide bonds. The van der Waals surface area contributed by atoms with Crippen LogP contribution in [0.5, 0.6) is 0 Å². The molecular weight excluding hydrogens is 575 g/mol. The van der Waals surface area contributed by atoms with Gasteiger partial charge in [0.2, 0.25) is 0 Å². The van der Waals surface area contributed by atoms with E-state index in [-0.39, 0.29) is 94.0 Å². The largest absolute Gasteiger partial charge is 1.00 e. The molecule has 0 radical (unpaired) electrons. The van der Waals surface area contributed by atoms with Crippen molar-refractivity contribution in [2.24, 2.45) is 0 Å². The average Bonchev–Trinajstić information content (AvgIpc) is 2.65. The number of aliphatic hydroxyl groups is 4. The number of halogens is 1. The molecule has 15 heteroatoms. The van der Waals surface area contributed by atoms with Crippen LogP contribution in [0.1, 0.15) is 66.2 Å². The maximum absolute atomic E-state index is 10.5. The van der Waals surface area contributed by atoms with Crippen molar-refractivity contribution in [3.05, 3.63) is 0 Å². The normalized spacial score (nSPS) is 13.6. The third-order valence-electron chi connectivity index (χ3n) is 3.79. The van der Waals surface area contributed by atoms with Gasteiger partial charge in [-0.15, -0.1) is 0 Å². The van der Waals surface area contributed by atoms with Crippen LogP contribution in [0, 0.1) is 0 Å². The first-order chi connectivity index (χ1) is 15.7. The van der Waals surface area contributed by atoms with Crippen molar-refractivity contribution in [1.29, 1.82) is 0 Å². The van der Waals surface area contributed by atoms with E-state index in [2.05, 4.69) is 20.7 Å². The Labute approximate surface area is 249 Å². The number of aliphatic carboxylic acids is 3. The van der Waals surface area contributed by atoms with Crippen LogP contribution in [0.4, 0.5) is 0 Å². The van der Waals surface area contributed by atoms with Crippen molar-refractivity contribution < 1.29 is 94.6 Å². The van der Waals surface area contributed by atoms with E-state index in [0.717, 1.165) is 0 Å². The monoisotopic (exact) mass is 620 g/mol. The summed E-state index contributed by atoms with van der Waals surface area (Å²) in [5.74, 6) is -2.56. The fourth-order valence-electron chi connectivity index (χ4n) is 2.40. The standard InChI is InChI=1S/C14H28O7.C4H8O3.C3H5BrO2.CH4.Na.H2O/c1-9(15)5-11(17)7-13(21-4-3-14(19)20)8-12(18)6-10(2)16;1-7-3-2-4(5)6;4-2-1-3(5)6;;;/h9-13,15-18H,3-8H2,1-2H3,(H,19,20);2-3H2,1H3,(H,5,6);1-2H2,(H,5,6);1H4;;1H2/q;;;;+1;/p-1. The number of rotatable bonds is 17. The minimum atomic E-state index is -0.984. The second-order valence-corrected chi connectivity index (χ2v) is 8.35. The van der Waals surface area contributed by atoms with Crippen molar-refractivity contribution in [3.63, 3.8) is 0 Å². The number of carboxylic acids is 3. The Kier molecular flexibility index (Phi) is 45.0. The van der Waals surface area contributed by atoms with Gasteiger partial charge in [0.15, 0.2) is 0 Å². The van der Waals surface area contributed by atoms with Crippen LogP contribution in [-0.4, -0.2) is 115 Å². The maximum Gasteiger partial charge on any atom is 1.00 e. The molecule has 0 heterocycles. The number of alkyl halides is 1. The molecule has 220 valence electrons. The van der Waals surface area contributed by atoms with Crippen LogP contribution in [0.25, 0.3) is 0 Å². The van der Waals surface area contributed by atoms with Gasteiger partial charge < -0.3 is 50.7 Å². The molecule has 0 aromatic heterocycles. The number of ether oxygens (including phenoxy) is 2. The molecule has 0 aromatic carbocycles. The minimum absolute atomic E-state index is 0. The van der Waals surface area contributed by atoms with Gasteiger partial charge in [-0.3, -0.25) is 14.4 Å².